The summed E-state index contributed by atoms with van der Waals surface area (Å²) in [5.41, 5.74) is 4.18. The van der Waals surface area contributed by atoms with Gasteiger partial charge in [0.15, 0.2) is 0 Å². The fraction of sp³-hybridized carbons (Fsp3) is 0.435. The second kappa shape index (κ2) is 9.15. The summed E-state index contributed by atoms with van der Waals surface area (Å²) >= 11 is 0. The molecule has 1 saturated heterocycles. The van der Waals surface area contributed by atoms with Gasteiger partial charge in [-0.1, -0.05) is 29.8 Å². The Labute approximate surface area is 176 Å². The van der Waals surface area contributed by atoms with Gasteiger partial charge in [0.05, 0.1) is 18.6 Å². The van der Waals surface area contributed by atoms with Gasteiger partial charge in [-0.25, -0.2) is 4.79 Å². The summed E-state index contributed by atoms with van der Waals surface area (Å²) in [7, 11) is 1.32. The summed E-state index contributed by atoms with van der Waals surface area (Å²) in [5, 5.41) is 2.99. The van der Waals surface area contributed by atoms with Crippen molar-refractivity contribution in [1.82, 2.24) is 15.2 Å². The summed E-state index contributed by atoms with van der Waals surface area (Å²) in [6.07, 6.45) is 1.51. The van der Waals surface area contributed by atoms with Crippen molar-refractivity contribution in [2.45, 2.75) is 40.2 Å². The van der Waals surface area contributed by atoms with Gasteiger partial charge in [0.25, 0.3) is 5.91 Å². The van der Waals surface area contributed by atoms with Crippen LogP contribution in [-0.4, -0.2) is 47.9 Å². The minimum atomic E-state index is -0.465. The van der Waals surface area contributed by atoms with Gasteiger partial charge in [0.2, 0.25) is 5.91 Å². The van der Waals surface area contributed by atoms with Crippen molar-refractivity contribution in [3.05, 3.63) is 57.9 Å². The van der Waals surface area contributed by atoms with Crippen molar-refractivity contribution in [3.8, 4) is 0 Å². The molecule has 0 saturated carbocycles. The first-order valence-electron chi connectivity index (χ1n) is 10.2. The Balaban J connectivity index is 1.65. The minimum absolute atomic E-state index is 0.0392. The molecule has 1 aliphatic rings. The van der Waals surface area contributed by atoms with E-state index in [0.717, 1.165) is 18.4 Å². The molecule has 1 aliphatic heterocycles. The Morgan fingerprint density at radius 2 is 1.87 bits per heavy atom. The van der Waals surface area contributed by atoms with Crippen molar-refractivity contribution < 1.29 is 19.1 Å². The van der Waals surface area contributed by atoms with Gasteiger partial charge < -0.3 is 19.9 Å². The molecule has 7 heteroatoms. The van der Waals surface area contributed by atoms with Gasteiger partial charge in [0.1, 0.15) is 5.69 Å². The van der Waals surface area contributed by atoms with E-state index in [1.807, 2.05) is 31.2 Å². The first kappa shape index (κ1) is 21.6. The van der Waals surface area contributed by atoms with Crippen molar-refractivity contribution in [2.24, 2.45) is 5.92 Å². The average Bonchev–Trinajstić information content (AvgIpc) is 3.06. The van der Waals surface area contributed by atoms with Gasteiger partial charge in [0, 0.05) is 25.3 Å². The number of methoxy groups -OCH3 is 1. The number of likely N-dealkylation sites (tertiary alicyclic amines) is 1. The number of ether oxygens (including phenoxy) is 1. The van der Waals surface area contributed by atoms with Crippen molar-refractivity contribution in [3.63, 3.8) is 0 Å². The van der Waals surface area contributed by atoms with E-state index in [9.17, 15) is 14.4 Å². The van der Waals surface area contributed by atoms with Crippen LogP contribution >= 0.6 is 0 Å². The molecule has 2 N–H and O–H groups in total. The highest BCUT2D eigenvalue weighted by Gasteiger charge is 2.31. The quantitative estimate of drug-likeness (QED) is 0.740. The van der Waals surface area contributed by atoms with Crippen LogP contribution in [-0.2, 0) is 16.1 Å². The number of aryl methyl sites for hydroxylation is 2. The molecule has 0 radical (unpaired) electrons. The zero-order chi connectivity index (χ0) is 21.8. The van der Waals surface area contributed by atoms with Gasteiger partial charge in [-0.3, -0.25) is 9.59 Å². The number of nitrogens with one attached hydrogen (secondary N) is 2. The van der Waals surface area contributed by atoms with Crippen LogP contribution in [0.3, 0.4) is 0 Å². The zero-order valence-electron chi connectivity index (χ0n) is 18.0. The topological polar surface area (TPSA) is 91.5 Å². The third-order valence-corrected chi connectivity index (χ3v) is 5.71. The van der Waals surface area contributed by atoms with Crippen LogP contribution in [0, 0.1) is 26.7 Å². The van der Waals surface area contributed by atoms with Crippen LogP contribution in [0.5, 0.6) is 0 Å². The average molecular weight is 412 g/mol. The Bertz CT molecular complexity index is 946. The Morgan fingerprint density at radius 1 is 1.17 bits per heavy atom. The molecular weight excluding hydrogens is 382 g/mol. The van der Waals surface area contributed by atoms with Gasteiger partial charge in [-0.2, -0.15) is 0 Å². The van der Waals surface area contributed by atoms with Gasteiger partial charge in [-0.05, 0) is 44.7 Å². The predicted molar refractivity (Wildman–Crippen MR) is 113 cm³/mol. The second-order valence-electron chi connectivity index (χ2n) is 7.91. The number of aromatic amines is 1. The van der Waals surface area contributed by atoms with E-state index in [2.05, 4.69) is 10.3 Å². The number of carbonyl (C=O) groups excluding carboxylic acids is 3. The number of rotatable bonds is 5. The molecule has 160 valence electrons. The number of H-pyrrole nitrogens is 1. The smallest absolute Gasteiger partial charge is 0.339 e. The third kappa shape index (κ3) is 4.56. The fourth-order valence-corrected chi connectivity index (χ4v) is 3.95. The SMILES string of the molecule is COC(=O)c1c(C)[nH]c(C(=O)N2CCC[C@@H](C(=O)NCc3ccc(C)cc3)C2)c1C. The molecule has 0 unspecified atom stereocenters. The predicted octanol–water partition coefficient (Wildman–Crippen LogP) is 2.90. The normalized spacial score (nSPS) is 16.3. The van der Waals surface area contributed by atoms with Crippen LogP contribution in [0.4, 0.5) is 0 Å². The number of esters is 1. The summed E-state index contributed by atoms with van der Waals surface area (Å²) in [4.78, 5) is 42.5. The number of carbonyl (C=O) groups is 3. The first-order valence-corrected chi connectivity index (χ1v) is 10.2. The Hall–Kier alpha value is -3.09. The van der Waals surface area contributed by atoms with Crippen molar-refractivity contribution in [1.29, 1.82) is 0 Å². The maximum absolute atomic E-state index is 13.1. The van der Waals surface area contributed by atoms with E-state index in [4.69, 9.17) is 4.74 Å². The standard InChI is InChI=1S/C23H29N3O4/c1-14-7-9-17(10-8-14)12-24-21(27)18-6-5-11-26(13-18)22(28)20-15(2)19(16(3)25-20)23(29)30-4/h7-10,18,25H,5-6,11-13H2,1-4H3,(H,24,27)/t18-/m1/s1. The van der Waals surface area contributed by atoms with Crippen molar-refractivity contribution in [2.75, 3.05) is 20.2 Å². The van der Waals surface area contributed by atoms with E-state index in [1.165, 1.54) is 12.7 Å². The Morgan fingerprint density at radius 3 is 2.53 bits per heavy atom. The summed E-state index contributed by atoms with van der Waals surface area (Å²) < 4.78 is 4.82. The molecule has 0 aliphatic carbocycles. The highest BCUT2D eigenvalue weighted by molar-refractivity contribution is 6.00. The molecule has 2 aromatic rings. The summed E-state index contributed by atoms with van der Waals surface area (Å²) in [6.45, 7) is 6.93. The molecule has 1 atom stereocenters. The molecule has 3 rings (SSSR count). The van der Waals surface area contributed by atoms with Crippen LogP contribution in [0.1, 0.15) is 56.1 Å². The lowest BCUT2D eigenvalue weighted by atomic mass is 9.96. The monoisotopic (exact) mass is 411 g/mol. The highest BCUT2D eigenvalue weighted by Crippen LogP contribution is 2.23. The van der Waals surface area contributed by atoms with Crippen LogP contribution in [0.2, 0.25) is 0 Å². The summed E-state index contributed by atoms with van der Waals surface area (Å²) in [6, 6.07) is 8.04. The molecule has 7 nitrogen and oxygen atoms in total. The zero-order valence-corrected chi connectivity index (χ0v) is 18.0. The van der Waals surface area contributed by atoms with E-state index in [1.54, 1.807) is 18.7 Å². The lowest BCUT2D eigenvalue weighted by Crippen LogP contribution is -2.45. The van der Waals surface area contributed by atoms with Crippen LogP contribution in [0.25, 0.3) is 0 Å². The lowest BCUT2D eigenvalue weighted by molar-refractivity contribution is -0.126. The third-order valence-electron chi connectivity index (χ3n) is 5.71. The molecule has 1 aromatic carbocycles. The van der Waals surface area contributed by atoms with Gasteiger partial charge >= 0.3 is 5.97 Å². The number of nitrogens with zero attached hydrogens (tertiary/aromatic N) is 1. The number of hydrogen-bond donors (Lipinski definition) is 2. The van der Waals surface area contributed by atoms with Crippen LogP contribution in [0.15, 0.2) is 24.3 Å². The van der Waals surface area contributed by atoms with E-state index in [0.29, 0.717) is 42.1 Å². The molecule has 1 aromatic heterocycles. The van der Waals surface area contributed by atoms with Gasteiger partial charge in [-0.15, -0.1) is 0 Å². The number of benzene rings is 1. The molecular formula is C23H29N3O4. The largest absolute Gasteiger partial charge is 0.465 e. The maximum atomic E-state index is 13.1. The molecule has 0 spiro atoms. The number of hydrogen-bond acceptors (Lipinski definition) is 4. The molecule has 30 heavy (non-hydrogen) atoms. The highest BCUT2D eigenvalue weighted by atomic mass is 16.5. The van der Waals surface area contributed by atoms with E-state index in [-0.39, 0.29) is 17.7 Å². The van der Waals surface area contributed by atoms with Crippen molar-refractivity contribution >= 4 is 17.8 Å². The number of piperidine rings is 1. The van der Waals surface area contributed by atoms with E-state index < -0.39 is 5.97 Å². The maximum Gasteiger partial charge on any atom is 0.339 e. The second-order valence-corrected chi connectivity index (χ2v) is 7.91. The molecule has 1 fully saturated rings. The number of amides is 2. The number of aromatic nitrogens is 1. The Kier molecular flexibility index (Phi) is 6.59. The van der Waals surface area contributed by atoms with E-state index >= 15 is 0 Å². The molecule has 0 bridgehead atoms. The minimum Gasteiger partial charge on any atom is -0.465 e. The summed E-state index contributed by atoms with van der Waals surface area (Å²) in [5.74, 6) is -0.943. The lowest BCUT2D eigenvalue weighted by Gasteiger charge is -2.32. The molecule has 2 amide bonds. The molecule has 2 heterocycles. The first-order chi connectivity index (χ1) is 14.3. The van der Waals surface area contributed by atoms with Crippen LogP contribution < -0.4 is 5.32 Å². The fourth-order valence-electron chi connectivity index (χ4n) is 3.95.